The van der Waals surface area contributed by atoms with Crippen LogP contribution in [0.5, 0.6) is 5.75 Å². The van der Waals surface area contributed by atoms with Gasteiger partial charge >= 0.3 is 5.97 Å². The number of aryl methyl sites for hydroxylation is 1. The van der Waals surface area contributed by atoms with Crippen molar-refractivity contribution in [2.24, 2.45) is 0 Å². The number of carbonyl (C=O) groups is 1. The Kier molecular flexibility index (Phi) is 4.05. The Morgan fingerprint density at radius 3 is 2.58 bits per heavy atom. The van der Waals surface area contributed by atoms with Gasteiger partial charge in [-0.2, -0.15) is 0 Å². The number of cyclic esters (lactones) is 1. The van der Waals surface area contributed by atoms with Gasteiger partial charge in [-0.05, 0) is 42.0 Å². The van der Waals surface area contributed by atoms with E-state index in [1.807, 2.05) is 42.5 Å². The van der Waals surface area contributed by atoms with E-state index in [0.717, 1.165) is 22.3 Å². The Labute approximate surface area is 152 Å². The first kappa shape index (κ1) is 16.2. The molecular weight excluding hydrogens is 324 g/mol. The normalized spacial score (nSPS) is 15.2. The topological polar surface area (TPSA) is 35.5 Å². The van der Waals surface area contributed by atoms with Crippen LogP contribution in [-0.2, 0) is 9.53 Å². The molecule has 0 bridgehead atoms. The average Bonchev–Trinajstić information content (AvgIpc) is 3.02. The maximum atomic E-state index is 12.3. The molecule has 3 nitrogen and oxygen atoms in total. The summed E-state index contributed by atoms with van der Waals surface area (Å²) in [4.78, 5) is 12.3. The first-order valence-electron chi connectivity index (χ1n) is 8.43. The molecule has 0 radical (unpaired) electrons. The lowest BCUT2D eigenvalue weighted by atomic mass is 10.0. The van der Waals surface area contributed by atoms with E-state index < -0.39 is 0 Å². The van der Waals surface area contributed by atoms with Crippen molar-refractivity contribution in [3.05, 3.63) is 89.0 Å². The molecule has 0 N–H and O–H groups in total. The van der Waals surface area contributed by atoms with Crippen LogP contribution in [0.4, 0.5) is 0 Å². The van der Waals surface area contributed by atoms with Gasteiger partial charge in [0.1, 0.15) is 11.5 Å². The van der Waals surface area contributed by atoms with Crippen molar-refractivity contribution >= 4 is 28.6 Å². The van der Waals surface area contributed by atoms with Crippen LogP contribution in [0.25, 0.3) is 22.6 Å². The van der Waals surface area contributed by atoms with Crippen molar-refractivity contribution < 1.29 is 14.3 Å². The lowest BCUT2D eigenvalue weighted by molar-refractivity contribution is -0.130. The fourth-order valence-corrected chi connectivity index (χ4v) is 3.10. The second kappa shape index (κ2) is 6.52. The van der Waals surface area contributed by atoms with E-state index in [1.54, 1.807) is 19.3 Å². The first-order valence-corrected chi connectivity index (χ1v) is 8.43. The number of ether oxygens (including phenoxy) is 2. The predicted octanol–water partition coefficient (Wildman–Crippen LogP) is 5.14. The van der Waals surface area contributed by atoms with Gasteiger partial charge in [-0.15, -0.1) is 0 Å². The van der Waals surface area contributed by atoms with Gasteiger partial charge in [0.05, 0.1) is 12.7 Å². The second-order valence-corrected chi connectivity index (χ2v) is 6.31. The molecule has 3 aromatic rings. The molecule has 1 aliphatic heterocycles. The van der Waals surface area contributed by atoms with E-state index in [9.17, 15) is 4.79 Å². The molecule has 0 spiro atoms. The Hall–Kier alpha value is -3.33. The number of methoxy groups -OCH3 is 1. The molecule has 1 heterocycles. The highest BCUT2D eigenvalue weighted by molar-refractivity contribution is 6.05. The molecule has 3 aromatic carbocycles. The summed E-state index contributed by atoms with van der Waals surface area (Å²) in [6.45, 7) is 2.07. The Morgan fingerprint density at radius 2 is 1.73 bits per heavy atom. The minimum atomic E-state index is -0.352. The van der Waals surface area contributed by atoms with Gasteiger partial charge in [0.2, 0.25) is 0 Å². The van der Waals surface area contributed by atoms with Gasteiger partial charge in [-0.3, -0.25) is 0 Å². The number of rotatable bonds is 3. The molecule has 26 heavy (non-hydrogen) atoms. The number of hydrogen-bond donors (Lipinski definition) is 0. The second-order valence-electron chi connectivity index (χ2n) is 6.31. The fourth-order valence-electron chi connectivity index (χ4n) is 3.10. The maximum Gasteiger partial charge on any atom is 0.343 e. The third-order valence-electron chi connectivity index (χ3n) is 4.46. The molecule has 0 fully saturated rings. The highest BCUT2D eigenvalue weighted by Gasteiger charge is 2.22. The zero-order chi connectivity index (χ0) is 18.1. The molecule has 0 saturated carbocycles. The van der Waals surface area contributed by atoms with Crippen LogP contribution in [0.15, 0.2) is 72.3 Å². The highest BCUT2D eigenvalue weighted by atomic mass is 16.5. The number of esters is 1. The van der Waals surface area contributed by atoms with Gasteiger partial charge in [0.25, 0.3) is 0 Å². The predicted molar refractivity (Wildman–Crippen MR) is 104 cm³/mol. The monoisotopic (exact) mass is 342 g/mol. The number of carbonyl (C=O) groups excluding carboxylic acids is 1. The quantitative estimate of drug-likeness (QED) is 0.488. The maximum absolute atomic E-state index is 12.3. The van der Waals surface area contributed by atoms with E-state index in [0.29, 0.717) is 11.3 Å². The van der Waals surface area contributed by atoms with E-state index in [1.165, 1.54) is 10.9 Å². The van der Waals surface area contributed by atoms with Crippen molar-refractivity contribution in [2.75, 3.05) is 7.11 Å². The summed E-state index contributed by atoms with van der Waals surface area (Å²) >= 11 is 0. The number of benzene rings is 3. The summed E-state index contributed by atoms with van der Waals surface area (Å²) in [5.74, 6) is 0.934. The minimum Gasteiger partial charge on any atom is -0.496 e. The summed E-state index contributed by atoms with van der Waals surface area (Å²) in [6.07, 6.45) is 3.57. The van der Waals surface area contributed by atoms with E-state index in [-0.39, 0.29) is 5.97 Å². The van der Waals surface area contributed by atoms with Crippen molar-refractivity contribution in [1.29, 1.82) is 0 Å². The van der Waals surface area contributed by atoms with Gasteiger partial charge in [0.15, 0.2) is 0 Å². The summed E-state index contributed by atoms with van der Waals surface area (Å²) in [7, 11) is 1.61. The van der Waals surface area contributed by atoms with Gasteiger partial charge in [-0.25, -0.2) is 4.79 Å². The SMILES string of the molecule is COc1ccccc1C=C1C=C(c2ccc3cc(C)ccc3c2)OC1=O. The van der Waals surface area contributed by atoms with Crippen LogP contribution in [0.1, 0.15) is 16.7 Å². The largest absolute Gasteiger partial charge is 0.496 e. The van der Waals surface area contributed by atoms with Crippen molar-refractivity contribution in [3.63, 3.8) is 0 Å². The summed E-state index contributed by atoms with van der Waals surface area (Å²) in [5, 5.41) is 2.29. The van der Waals surface area contributed by atoms with Crippen LogP contribution in [0, 0.1) is 6.92 Å². The minimum absolute atomic E-state index is 0.352. The third-order valence-corrected chi connectivity index (χ3v) is 4.46. The smallest absolute Gasteiger partial charge is 0.343 e. The van der Waals surface area contributed by atoms with E-state index in [2.05, 4.69) is 25.1 Å². The van der Waals surface area contributed by atoms with Gasteiger partial charge < -0.3 is 9.47 Å². The van der Waals surface area contributed by atoms with Crippen LogP contribution >= 0.6 is 0 Å². The third kappa shape index (κ3) is 3.00. The standard InChI is InChI=1S/C23H18O3/c1-15-7-8-17-12-19(10-9-16(17)11-15)22-14-20(23(24)26-22)13-18-5-3-4-6-21(18)25-2/h3-14H,1-2H3. The average molecular weight is 342 g/mol. The zero-order valence-corrected chi connectivity index (χ0v) is 14.7. The molecule has 0 aliphatic carbocycles. The molecule has 0 atom stereocenters. The highest BCUT2D eigenvalue weighted by Crippen LogP contribution is 2.31. The lowest BCUT2D eigenvalue weighted by Gasteiger charge is -2.05. The molecule has 0 saturated heterocycles. The first-order chi connectivity index (χ1) is 12.6. The van der Waals surface area contributed by atoms with Crippen LogP contribution < -0.4 is 4.74 Å². The summed E-state index contributed by atoms with van der Waals surface area (Å²) < 4.78 is 10.8. The number of fused-ring (bicyclic) bond motifs is 1. The molecule has 0 amide bonds. The zero-order valence-electron chi connectivity index (χ0n) is 14.7. The molecule has 0 aromatic heterocycles. The fraction of sp³-hybridized carbons (Fsp3) is 0.0870. The lowest BCUT2D eigenvalue weighted by Crippen LogP contribution is -1.97. The van der Waals surface area contributed by atoms with Crippen molar-refractivity contribution in [3.8, 4) is 5.75 Å². The van der Waals surface area contributed by atoms with Crippen LogP contribution in [-0.4, -0.2) is 13.1 Å². The Bertz CT molecular complexity index is 1070. The molecule has 3 heteroatoms. The van der Waals surface area contributed by atoms with Crippen molar-refractivity contribution in [2.45, 2.75) is 6.92 Å². The summed E-state index contributed by atoms with van der Waals surface area (Å²) in [5.41, 5.74) is 3.46. The molecule has 4 rings (SSSR count). The number of hydrogen-bond acceptors (Lipinski definition) is 3. The Morgan fingerprint density at radius 1 is 0.962 bits per heavy atom. The van der Waals surface area contributed by atoms with Crippen molar-refractivity contribution in [1.82, 2.24) is 0 Å². The van der Waals surface area contributed by atoms with E-state index in [4.69, 9.17) is 9.47 Å². The van der Waals surface area contributed by atoms with E-state index >= 15 is 0 Å². The molecular formula is C23H18O3. The molecule has 0 unspecified atom stereocenters. The van der Waals surface area contributed by atoms with Crippen LogP contribution in [0.3, 0.4) is 0 Å². The molecule has 128 valence electrons. The van der Waals surface area contributed by atoms with Gasteiger partial charge in [0, 0.05) is 11.1 Å². The Balaban J connectivity index is 1.72. The number of para-hydroxylation sites is 1. The summed E-state index contributed by atoms with van der Waals surface area (Å²) in [6, 6.07) is 19.9. The van der Waals surface area contributed by atoms with Crippen LogP contribution in [0.2, 0.25) is 0 Å². The van der Waals surface area contributed by atoms with Gasteiger partial charge in [-0.1, -0.05) is 54.1 Å². The molecule has 1 aliphatic rings.